The fraction of sp³-hybridized carbons (Fsp3) is 0.300. The highest BCUT2D eigenvalue weighted by molar-refractivity contribution is 7.90. The van der Waals surface area contributed by atoms with E-state index in [1.807, 2.05) is 17.0 Å². The van der Waals surface area contributed by atoms with Crippen LogP contribution < -0.4 is 10.1 Å². The first kappa shape index (κ1) is 18.5. The average Bonchev–Trinajstić information content (AvgIpc) is 3.00. The fourth-order valence-electron chi connectivity index (χ4n) is 3.68. The summed E-state index contributed by atoms with van der Waals surface area (Å²) in [7, 11) is -2.11. The quantitative estimate of drug-likeness (QED) is 0.857. The van der Waals surface area contributed by atoms with Gasteiger partial charge in [0.15, 0.2) is 5.84 Å². The number of methoxy groups -OCH3 is 1. The van der Waals surface area contributed by atoms with E-state index < -0.39 is 10.0 Å². The number of nitrogens with zero attached hydrogens (tertiary/aromatic N) is 2. The molecule has 2 aliphatic heterocycles. The van der Waals surface area contributed by atoms with Crippen LogP contribution in [0.2, 0.25) is 0 Å². The first-order valence-electron chi connectivity index (χ1n) is 9.13. The number of hydrogen-bond donors (Lipinski definition) is 1. The summed E-state index contributed by atoms with van der Waals surface area (Å²) in [4.78, 5) is 14.9. The Kier molecular flexibility index (Phi) is 4.80. The van der Waals surface area contributed by atoms with Crippen molar-refractivity contribution >= 4 is 27.5 Å². The van der Waals surface area contributed by atoms with E-state index in [2.05, 4.69) is 9.71 Å². The summed E-state index contributed by atoms with van der Waals surface area (Å²) in [6, 6.07) is 14.1. The number of amidine groups is 1. The third kappa shape index (κ3) is 3.35. The molecule has 0 bridgehead atoms. The number of carbonyl (C=O) groups excluding carboxylic acids is 1. The van der Waals surface area contributed by atoms with Gasteiger partial charge in [-0.15, -0.1) is 4.40 Å². The summed E-state index contributed by atoms with van der Waals surface area (Å²) in [5.41, 5.74) is 1.23. The van der Waals surface area contributed by atoms with Gasteiger partial charge in [0.1, 0.15) is 10.6 Å². The lowest BCUT2D eigenvalue weighted by molar-refractivity contribution is -0.121. The molecular formula is C20H21N3O4S. The van der Waals surface area contributed by atoms with Crippen LogP contribution in [0.5, 0.6) is 5.75 Å². The monoisotopic (exact) mass is 399 g/mol. The number of piperidine rings is 1. The third-order valence-electron chi connectivity index (χ3n) is 5.07. The maximum Gasteiger partial charge on any atom is 0.285 e. The molecule has 0 aromatic heterocycles. The molecule has 2 heterocycles. The fourth-order valence-corrected chi connectivity index (χ4v) is 4.91. The largest absolute Gasteiger partial charge is 0.495 e. The van der Waals surface area contributed by atoms with Crippen molar-refractivity contribution in [2.45, 2.75) is 17.7 Å². The van der Waals surface area contributed by atoms with E-state index in [0.29, 0.717) is 35.9 Å². The van der Waals surface area contributed by atoms with Gasteiger partial charge < -0.3 is 15.0 Å². The van der Waals surface area contributed by atoms with E-state index in [-0.39, 0.29) is 16.7 Å². The van der Waals surface area contributed by atoms with Crippen molar-refractivity contribution < 1.29 is 17.9 Å². The number of likely N-dealkylation sites (tertiary alicyclic amines) is 1. The van der Waals surface area contributed by atoms with Crippen LogP contribution >= 0.6 is 0 Å². The number of carbonyl (C=O) groups is 1. The summed E-state index contributed by atoms with van der Waals surface area (Å²) in [5.74, 6) is 0.662. The van der Waals surface area contributed by atoms with E-state index in [0.717, 1.165) is 12.8 Å². The van der Waals surface area contributed by atoms with Crippen molar-refractivity contribution in [3.8, 4) is 5.75 Å². The smallest absolute Gasteiger partial charge is 0.285 e. The van der Waals surface area contributed by atoms with Crippen molar-refractivity contribution in [2.75, 3.05) is 25.5 Å². The van der Waals surface area contributed by atoms with Gasteiger partial charge in [0.25, 0.3) is 10.0 Å². The van der Waals surface area contributed by atoms with Crippen LogP contribution in [0.4, 0.5) is 5.69 Å². The number of fused-ring (bicyclic) bond motifs is 1. The van der Waals surface area contributed by atoms with E-state index >= 15 is 0 Å². The number of ether oxygens (including phenoxy) is 1. The van der Waals surface area contributed by atoms with Gasteiger partial charge in [-0.25, -0.2) is 0 Å². The van der Waals surface area contributed by atoms with Gasteiger partial charge in [0.05, 0.1) is 18.7 Å². The highest BCUT2D eigenvalue weighted by Gasteiger charge is 2.35. The second-order valence-corrected chi connectivity index (χ2v) is 8.43. The van der Waals surface area contributed by atoms with Crippen molar-refractivity contribution in [3.63, 3.8) is 0 Å². The van der Waals surface area contributed by atoms with Gasteiger partial charge in [-0.1, -0.05) is 24.3 Å². The van der Waals surface area contributed by atoms with Crippen LogP contribution in [-0.2, 0) is 14.8 Å². The summed E-state index contributed by atoms with van der Waals surface area (Å²) >= 11 is 0. The molecule has 1 amide bonds. The molecule has 1 fully saturated rings. The summed E-state index contributed by atoms with van der Waals surface area (Å²) in [6.07, 6.45) is 1.52. The molecule has 0 aliphatic carbocycles. The molecule has 0 saturated carbocycles. The standard InChI is InChI=1S/C20H21N3O4S/c1-27-17-10-4-3-9-16(17)21-20(24)14-7-6-12-23(13-14)19-15-8-2-5-11-18(15)28(25,26)22-19/h2-5,8-11,14H,6-7,12-13H2,1H3,(H,21,24)/t14-/m0/s1. The predicted molar refractivity (Wildman–Crippen MR) is 106 cm³/mol. The average molecular weight is 399 g/mol. The Labute approximate surface area is 164 Å². The second-order valence-electron chi connectivity index (χ2n) is 6.86. The first-order chi connectivity index (χ1) is 13.5. The number of benzene rings is 2. The summed E-state index contributed by atoms with van der Waals surface area (Å²) in [5, 5.41) is 2.93. The zero-order valence-corrected chi connectivity index (χ0v) is 16.3. The molecular weight excluding hydrogens is 378 g/mol. The summed E-state index contributed by atoms with van der Waals surface area (Å²) < 4.78 is 33.9. The molecule has 28 heavy (non-hydrogen) atoms. The second kappa shape index (κ2) is 7.27. The zero-order chi connectivity index (χ0) is 19.7. The predicted octanol–water partition coefficient (Wildman–Crippen LogP) is 2.49. The van der Waals surface area contributed by atoms with E-state index in [1.54, 1.807) is 43.5 Å². The molecule has 8 heteroatoms. The molecule has 0 unspecified atom stereocenters. The summed E-state index contributed by atoms with van der Waals surface area (Å²) in [6.45, 7) is 1.09. The van der Waals surface area contributed by atoms with Crippen LogP contribution in [0, 0.1) is 5.92 Å². The van der Waals surface area contributed by atoms with Crippen LogP contribution in [-0.4, -0.2) is 45.3 Å². The van der Waals surface area contributed by atoms with Crippen LogP contribution in [0.1, 0.15) is 18.4 Å². The molecule has 0 radical (unpaired) electrons. The molecule has 1 atom stereocenters. The number of amides is 1. The highest BCUT2D eigenvalue weighted by atomic mass is 32.2. The first-order valence-corrected chi connectivity index (χ1v) is 10.6. The SMILES string of the molecule is COc1ccccc1NC(=O)[C@H]1CCCN(C2=NS(=O)(=O)c3ccccc32)C1. The van der Waals surface area contributed by atoms with E-state index in [4.69, 9.17) is 4.74 Å². The van der Waals surface area contributed by atoms with Crippen molar-refractivity contribution in [1.82, 2.24) is 4.90 Å². The molecule has 0 spiro atoms. The Morgan fingerprint density at radius 2 is 1.93 bits per heavy atom. The van der Waals surface area contributed by atoms with Gasteiger partial charge in [-0.2, -0.15) is 8.42 Å². The van der Waals surface area contributed by atoms with E-state index in [1.165, 1.54) is 0 Å². The lowest BCUT2D eigenvalue weighted by Gasteiger charge is -2.33. The number of para-hydroxylation sites is 2. The highest BCUT2D eigenvalue weighted by Crippen LogP contribution is 2.30. The van der Waals surface area contributed by atoms with Gasteiger partial charge >= 0.3 is 0 Å². The Bertz CT molecular complexity index is 1050. The zero-order valence-electron chi connectivity index (χ0n) is 15.5. The normalized spacial score (nSPS) is 20.2. The minimum atomic E-state index is -3.67. The van der Waals surface area contributed by atoms with Crippen molar-refractivity contribution in [1.29, 1.82) is 0 Å². The number of sulfonamides is 1. The molecule has 2 aromatic rings. The number of rotatable bonds is 3. The molecule has 2 aliphatic rings. The van der Waals surface area contributed by atoms with Crippen LogP contribution in [0.15, 0.2) is 57.8 Å². The van der Waals surface area contributed by atoms with Crippen molar-refractivity contribution in [3.05, 3.63) is 54.1 Å². The molecule has 1 saturated heterocycles. The maximum absolute atomic E-state index is 12.8. The minimum absolute atomic E-state index is 0.107. The van der Waals surface area contributed by atoms with Crippen molar-refractivity contribution in [2.24, 2.45) is 10.3 Å². The lowest BCUT2D eigenvalue weighted by Crippen LogP contribution is -2.43. The lowest BCUT2D eigenvalue weighted by atomic mass is 9.96. The Balaban J connectivity index is 1.53. The molecule has 2 aromatic carbocycles. The van der Waals surface area contributed by atoms with Gasteiger partial charge in [0.2, 0.25) is 5.91 Å². The van der Waals surface area contributed by atoms with Crippen LogP contribution in [0.25, 0.3) is 0 Å². The number of nitrogens with one attached hydrogen (secondary N) is 1. The molecule has 146 valence electrons. The molecule has 7 nitrogen and oxygen atoms in total. The Morgan fingerprint density at radius 1 is 1.18 bits per heavy atom. The number of hydrogen-bond acceptors (Lipinski definition) is 5. The number of anilines is 1. The van der Waals surface area contributed by atoms with Crippen LogP contribution in [0.3, 0.4) is 0 Å². The molecule has 4 rings (SSSR count). The third-order valence-corrected chi connectivity index (χ3v) is 6.39. The van der Waals surface area contributed by atoms with Gasteiger partial charge in [0, 0.05) is 18.7 Å². The topological polar surface area (TPSA) is 88.1 Å². The Hall–Kier alpha value is -2.87. The van der Waals surface area contributed by atoms with E-state index in [9.17, 15) is 13.2 Å². The van der Waals surface area contributed by atoms with Gasteiger partial charge in [-0.3, -0.25) is 4.79 Å². The molecule has 1 N–H and O–H groups in total. The maximum atomic E-state index is 12.8. The Morgan fingerprint density at radius 3 is 2.75 bits per heavy atom. The van der Waals surface area contributed by atoms with Gasteiger partial charge in [-0.05, 0) is 37.1 Å². The minimum Gasteiger partial charge on any atom is -0.495 e.